The summed E-state index contributed by atoms with van der Waals surface area (Å²) in [5, 5.41) is 21.2. The van der Waals surface area contributed by atoms with Crippen LogP contribution in [-0.4, -0.2) is 88.6 Å². The molecule has 0 radical (unpaired) electrons. The first-order valence-corrected chi connectivity index (χ1v) is 16.5. The number of carbonyl (C=O) groups excluding carboxylic acids is 2. The molecule has 12 nitrogen and oxygen atoms in total. The fourth-order valence-electron chi connectivity index (χ4n) is 4.96. The number of carboxylic acid groups (broad SMARTS) is 1. The summed E-state index contributed by atoms with van der Waals surface area (Å²) in [5.41, 5.74) is -12.6. The van der Waals surface area contributed by atoms with E-state index in [-0.39, 0.29) is 60.4 Å². The molecule has 2 aromatic carbocycles. The molecule has 1 aliphatic carbocycles. The number of nitrogens with zero attached hydrogens (tertiary/aromatic N) is 4. The number of ether oxygens (including phenoxy) is 4. The second-order valence-corrected chi connectivity index (χ2v) is 13.7. The molecule has 1 heterocycles. The van der Waals surface area contributed by atoms with Crippen molar-refractivity contribution in [1.82, 2.24) is 14.7 Å². The smallest absolute Gasteiger partial charge is 0.481 e. The zero-order valence-corrected chi connectivity index (χ0v) is 30.4. The Balaban J connectivity index is 1.62. The molecule has 1 aliphatic rings. The van der Waals surface area contributed by atoms with Crippen molar-refractivity contribution in [2.75, 3.05) is 26.6 Å². The summed E-state index contributed by atoms with van der Waals surface area (Å²) in [6.07, 6.45) is -18.3. The Morgan fingerprint density at radius 1 is 0.930 bits per heavy atom. The molecule has 310 valence electrons. The van der Waals surface area contributed by atoms with Gasteiger partial charge in [0.25, 0.3) is 5.91 Å². The minimum absolute atomic E-state index is 0.0325. The molecule has 1 aromatic heterocycles. The number of benzene rings is 2. The first kappa shape index (κ1) is 44.7. The van der Waals surface area contributed by atoms with Crippen molar-refractivity contribution >= 4 is 41.2 Å². The molecular formula is C33H26Cl2F10N4O8. The fourth-order valence-corrected chi connectivity index (χ4v) is 5.46. The second kappa shape index (κ2) is 16.1. The Bertz CT molecular complexity index is 2050. The Hall–Kier alpha value is -5.01. The number of aliphatic carboxylic acids is 1. The molecule has 24 heteroatoms. The molecule has 1 saturated carbocycles. The number of halogens is 12. The Morgan fingerprint density at radius 3 is 2.11 bits per heavy atom. The van der Waals surface area contributed by atoms with Crippen LogP contribution in [0.25, 0.3) is 16.8 Å². The lowest BCUT2D eigenvalue weighted by atomic mass is 9.93. The zero-order valence-electron chi connectivity index (χ0n) is 28.9. The van der Waals surface area contributed by atoms with Gasteiger partial charge in [0.2, 0.25) is 0 Å². The topological polar surface area (TPSA) is 153 Å². The maximum atomic E-state index is 14.8. The summed E-state index contributed by atoms with van der Waals surface area (Å²) in [6.45, 7) is 1.21. The summed E-state index contributed by atoms with van der Waals surface area (Å²) in [6, 6.07) is 4.88. The summed E-state index contributed by atoms with van der Waals surface area (Å²) in [7, 11) is 0. The first-order chi connectivity index (χ1) is 26.2. The highest BCUT2D eigenvalue weighted by Gasteiger charge is 2.73. The molecule has 0 unspecified atom stereocenters. The molecular weight excluding hydrogens is 841 g/mol. The van der Waals surface area contributed by atoms with Gasteiger partial charge in [0.05, 0.1) is 46.5 Å². The maximum Gasteiger partial charge on any atom is 0.573 e. The number of alkyl halides is 10. The van der Waals surface area contributed by atoms with Gasteiger partial charge >= 0.3 is 36.5 Å². The predicted octanol–water partition coefficient (Wildman–Crippen LogP) is 8.77. The minimum Gasteiger partial charge on any atom is -0.481 e. The van der Waals surface area contributed by atoms with Gasteiger partial charge in [-0.15, -0.1) is 13.2 Å². The normalized spacial score (nSPS) is 14.4. The van der Waals surface area contributed by atoms with E-state index < -0.39 is 88.2 Å². The third-order valence-electron chi connectivity index (χ3n) is 8.27. The number of carboxylic acids is 1. The van der Waals surface area contributed by atoms with Crippen molar-refractivity contribution in [1.29, 1.82) is 5.26 Å². The van der Waals surface area contributed by atoms with Crippen LogP contribution in [0.1, 0.15) is 42.6 Å². The molecule has 1 N–H and O–H groups in total. The quantitative estimate of drug-likeness (QED) is 0.0720. The van der Waals surface area contributed by atoms with E-state index in [0.29, 0.717) is 4.68 Å². The van der Waals surface area contributed by atoms with Crippen LogP contribution in [0.2, 0.25) is 10.0 Å². The standard InChI is InChI=1S/C33H26Cl2F10N4O8/c1-28(2,26(51)52)15-54-7-8-55-27(53)56-16-48(29(14-46)5-6-29)25(50)20-9-17(3-4-21(20)34)18-12-47-49(13-18)24-22(35)10-19(11-23(24)57-33(43,44)45)30(36,31(37,38)39)32(40,41)42/h3-4,9-13H,5-8,15-16H2,1-2H3,(H,51,52). The van der Waals surface area contributed by atoms with E-state index in [9.17, 15) is 63.5 Å². The zero-order chi connectivity index (χ0) is 42.9. The van der Waals surface area contributed by atoms with Gasteiger partial charge in [-0.1, -0.05) is 29.3 Å². The molecule has 1 fully saturated rings. The van der Waals surface area contributed by atoms with Crippen molar-refractivity contribution < 1.29 is 82.3 Å². The Morgan fingerprint density at radius 2 is 1.56 bits per heavy atom. The van der Waals surface area contributed by atoms with E-state index in [1.54, 1.807) is 0 Å². The highest BCUT2D eigenvalue weighted by atomic mass is 35.5. The fraction of sp³-hybridized carbons (Fsp3) is 0.424. The van der Waals surface area contributed by atoms with Gasteiger partial charge < -0.3 is 24.1 Å². The van der Waals surface area contributed by atoms with Crippen molar-refractivity contribution in [3.8, 4) is 28.6 Å². The number of hydrogen-bond acceptors (Lipinski definition) is 9. The van der Waals surface area contributed by atoms with Gasteiger partial charge in [-0.2, -0.15) is 36.7 Å². The van der Waals surface area contributed by atoms with E-state index in [1.807, 2.05) is 6.07 Å². The largest absolute Gasteiger partial charge is 0.573 e. The minimum atomic E-state index is -6.70. The van der Waals surface area contributed by atoms with Gasteiger partial charge in [0.1, 0.15) is 17.8 Å². The van der Waals surface area contributed by atoms with Gasteiger partial charge in [-0.05, 0) is 56.5 Å². The average molecular weight is 867 g/mol. The van der Waals surface area contributed by atoms with Gasteiger partial charge in [-0.25, -0.2) is 13.9 Å². The molecule has 3 aromatic rings. The molecule has 0 saturated heterocycles. The second-order valence-electron chi connectivity index (χ2n) is 12.9. The van der Waals surface area contributed by atoms with E-state index in [0.717, 1.165) is 23.4 Å². The predicted molar refractivity (Wildman–Crippen MR) is 174 cm³/mol. The summed E-state index contributed by atoms with van der Waals surface area (Å²) in [4.78, 5) is 38.1. The summed E-state index contributed by atoms with van der Waals surface area (Å²) in [5.74, 6) is -3.87. The molecule has 4 rings (SSSR count). The van der Waals surface area contributed by atoms with E-state index in [4.69, 9.17) is 42.5 Å². The lowest BCUT2D eigenvalue weighted by molar-refractivity contribution is -0.348. The lowest BCUT2D eigenvalue weighted by Crippen LogP contribution is -2.50. The van der Waals surface area contributed by atoms with Crippen LogP contribution >= 0.6 is 23.2 Å². The monoisotopic (exact) mass is 866 g/mol. The third kappa shape index (κ3) is 9.76. The Kier molecular flexibility index (Phi) is 12.6. The van der Waals surface area contributed by atoms with E-state index in [2.05, 4.69) is 9.84 Å². The van der Waals surface area contributed by atoms with Crippen LogP contribution in [0.3, 0.4) is 0 Å². The Labute approximate surface area is 324 Å². The molecule has 0 aliphatic heterocycles. The number of aromatic nitrogens is 2. The highest BCUT2D eigenvalue weighted by Crippen LogP contribution is 2.55. The van der Waals surface area contributed by atoms with Gasteiger partial charge in [-0.3, -0.25) is 14.5 Å². The number of nitriles is 1. The summed E-state index contributed by atoms with van der Waals surface area (Å²) < 4.78 is 155. The van der Waals surface area contributed by atoms with E-state index >= 15 is 0 Å². The number of carbonyl (C=O) groups is 3. The van der Waals surface area contributed by atoms with Crippen molar-refractivity contribution in [2.45, 2.75) is 56.6 Å². The molecule has 0 atom stereocenters. The SMILES string of the molecule is CC(C)(COCCOC(=O)OCN(C(=O)c1cc(-c2cnn(-c3c(Cl)cc(C(F)(C(F)(F)F)C(F)(F)F)cc3OC(F)(F)F)c2)ccc1Cl)C1(C#N)CC1)C(=O)O. The van der Waals surface area contributed by atoms with Crippen molar-refractivity contribution in [3.63, 3.8) is 0 Å². The van der Waals surface area contributed by atoms with Crippen LogP contribution in [0, 0.1) is 16.7 Å². The number of hydrogen-bond donors (Lipinski definition) is 1. The molecule has 0 bridgehead atoms. The molecule has 57 heavy (non-hydrogen) atoms. The van der Waals surface area contributed by atoms with E-state index in [1.165, 1.54) is 26.0 Å². The first-order valence-electron chi connectivity index (χ1n) is 15.8. The van der Waals surface area contributed by atoms with Gasteiger partial charge in [0.15, 0.2) is 12.5 Å². The summed E-state index contributed by atoms with van der Waals surface area (Å²) >= 11 is 12.2. The molecule has 1 amide bonds. The number of amides is 1. The average Bonchev–Trinajstić information content (AvgIpc) is 3.73. The van der Waals surface area contributed by atoms with Crippen molar-refractivity contribution in [2.24, 2.45) is 5.41 Å². The van der Waals surface area contributed by atoms with Crippen LogP contribution in [0.4, 0.5) is 48.7 Å². The van der Waals surface area contributed by atoms with Gasteiger partial charge in [0, 0.05) is 17.3 Å². The van der Waals surface area contributed by atoms with Crippen LogP contribution in [0.5, 0.6) is 5.75 Å². The van der Waals surface area contributed by atoms with Crippen LogP contribution in [0.15, 0.2) is 42.7 Å². The molecule has 0 spiro atoms. The lowest BCUT2D eigenvalue weighted by Gasteiger charge is -2.31. The van der Waals surface area contributed by atoms with Crippen LogP contribution in [-0.2, 0) is 24.7 Å². The van der Waals surface area contributed by atoms with Crippen LogP contribution < -0.4 is 4.74 Å². The highest BCUT2D eigenvalue weighted by molar-refractivity contribution is 6.34. The maximum absolute atomic E-state index is 14.8. The van der Waals surface area contributed by atoms with Crippen molar-refractivity contribution in [3.05, 3.63) is 63.9 Å². The number of rotatable bonds is 14. The third-order valence-corrected chi connectivity index (χ3v) is 8.89.